The maximum atomic E-state index is 13.3. The second kappa shape index (κ2) is 5.48. The molecule has 1 aromatic heterocycles. The molecule has 1 saturated carbocycles. The van der Waals surface area contributed by atoms with Crippen LogP contribution in [0.25, 0.3) is 0 Å². The molecule has 1 aliphatic rings. The van der Waals surface area contributed by atoms with Gasteiger partial charge in [0.15, 0.2) is 0 Å². The molecule has 0 unspecified atom stereocenters. The van der Waals surface area contributed by atoms with Gasteiger partial charge in [0.05, 0.1) is 6.20 Å². The lowest BCUT2D eigenvalue weighted by Gasteiger charge is -2.21. The first-order valence-corrected chi connectivity index (χ1v) is 6.29. The van der Waals surface area contributed by atoms with Crippen molar-refractivity contribution in [3.63, 3.8) is 0 Å². The van der Waals surface area contributed by atoms with Gasteiger partial charge in [0.1, 0.15) is 11.6 Å². The van der Waals surface area contributed by atoms with E-state index in [1.165, 1.54) is 19.0 Å². The minimum Gasteiger partial charge on any atom is -0.355 e. The molecule has 18 heavy (non-hydrogen) atoms. The molecule has 98 valence electrons. The topological polar surface area (TPSA) is 28.2 Å². The molecule has 1 heterocycles. The third-order valence-electron chi connectivity index (χ3n) is 2.94. The van der Waals surface area contributed by atoms with E-state index >= 15 is 0 Å². The van der Waals surface area contributed by atoms with E-state index in [4.69, 9.17) is 0 Å². The zero-order valence-electron chi connectivity index (χ0n) is 11.0. The number of aromatic nitrogens is 1. The molecular weight excluding hydrogens is 229 g/mol. The highest BCUT2D eigenvalue weighted by atomic mass is 19.1. The summed E-state index contributed by atoms with van der Waals surface area (Å²) in [6.07, 6.45) is 3.71. The van der Waals surface area contributed by atoms with E-state index in [9.17, 15) is 4.39 Å². The molecule has 0 atom stereocenters. The van der Waals surface area contributed by atoms with Crippen LogP contribution in [0.1, 0.15) is 25.3 Å². The van der Waals surface area contributed by atoms with Gasteiger partial charge >= 0.3 is 0 Å². The first-order valence-electron chi connectivity index (χ1n) is 6.29. The van der Waals surface area contributed by atoms with Gasteiger partial charge in [-0.15, -0.1) is 0 Å². The molecule has 1 fully saturated rings. The quantitative estimate of drug-likeness (QED) is 0.785. The van der Waals surface area contributed by atoms with Crippen LogP contribution in [0.15, 0.2) is 24.4 Å². The van der Waals surface area contributed by atoms with Crippen LogP contribution < -0.4 is 10.2 Å². The molecule has 0 aromatic carbocycles. The van der Waals surface area contributed by atoms with Crippen molar-refractivity contribution in [3.8, 4) is 0 Å². The maximum absolute atomic E-state index is 13.3. The number of pyridine rings is 1. The molecule has 1 aromatic rings. The number of nitrogens with zero attached hydrogens (tertiary/aromatic N) is 2. The van der Waals surface area contributed by atoms with Gasteiger partial charge < -0.3 is 10.2 Å². The smallest absolute Gasteiger partial charge is 0.141 e. The summed E-state index contributed by atoms with van der Waals surface area (Å²) in [5.74, 6) is 0.544. The third kappa shape index (κ3) is 3.53. The van der Waals surface area contributed by atoms with Gasteiger partial charge in [-0.05, 0) is 25.8 Å². The average Bonchev–Trinajstić information content (AvgIpc) is 3.09. The second-order valence-corrected chi connectivity index (χ2v) is 5.10. The zero-order chi connectivity index (χ0) is 13.1. The predicted molar refractivity (Wildman–Crippen MR) is 72.1 cm³/mol. The van der Waals surface area contributed by atoms with E-state index in [0.29, 0.717) is 12.6 Å². The molecule has 1 aliphatic carbocycles. The van der Waals surface area contributed by atoms with Crippen molar-refractivity contribution in [1.29, 1.82) is 0 Å². The fraction of sp³-hybridized carbons (Fsp3) is 0.500. The molecule has 0 spiro atoms. The standard InChI is InChI=1S/C14H20FN3/c1-10(2)9-18(3)14-11(6-12(15)8-17-14)7-16-13-4-5-13/h6,8,13,16H,1,4-5,7,9H2,2-3H3. The first-order chi connectivity index (χ1) is 8.56. The van der Waals surface area contributed by atoms with E-state index in [2.05, 4.69) is 16.9 Å². The summed E-state index contributed by atoms with van der Waals surface area (Å²) in [4.78, 5) is 6.21. The number of rotatable bonds is 6. The van der Waals surface area contributed by atoms with E-state index in [0.717, 1.165) is 23.5 Å². The van der Waals surface area contributed by atoms with Gasteiger partial charge in [-0.3, -0.25) is 0 Å². The number of hydrogen-bond donors (Lipinski definition) is 1. The van der Waals surface area contributed by atoms with Crippen LogP contribution >= 0.6 is 0 Å². The lowest BCUT2D eigenvalue weighted by Crippen LogP contribution is -2.24. The van der Waals surface area contributed by atoms with Gasteiger partial charge in [-0.2, -0.15) is 0 Å². The number of anilines is 1. The summed E-state index contributed by atoms with van der Waals surface area (Å²) in [7, 11) is 1.95. The Kier molecular flexibility index (Phi) is 3.97. The van der Waals surface area contributed by atoms with Crippen LogP contribution in [0.5, 0.6) is 0 Å². The van der Waals surface area contributed by atoms with E-state index in [1.54, 1.807) is 6.07 Å². The van der Waals surface area contributed by atoms with Crippen LogP contribution in [-0.2, 0) is 6.54 Å². The third-order valence-corrected chi connectivity index (χ3v) is 2.94. The molecule has 2 rings (SSSR count). The Balaban J connectivity index is 2.12. The van der Waals surface area contributed by atoms with E-state index in [-0.39, 0.29) is 5.82 Å². The van der Waals surface area contributed by atoms with Crippen molar-refractivity contribution in [1.82, 2.24) is 10.3 Å². The summed E-state index contributed by atoms with van der Waals surface area (Å²) in [6.45, 7) is 7.27. The van der Waals surface area contributed by atoms with Crippen molar-refractivity contribution < 1.29 is 4.39 Å². The normalized spacial score (nSPS) is 14.6. The highest BCUT2D eigenvalue weighted by Gasteiger charge is 2.21. The summed E-state index contributed by atoms with van der Waals surface area (Å²) < 4.78 is 13.3. The van der Waals surface area contributed by atoms with E-state index in [1.807, 2.05) is 18.9 Å². The van der Waals surface area contributed by atoms with Crippen LogP contribution in [-0.4, -0.2) is 24.6 Å². The largest absolute Gasteiger partial charge is 0.355 e. The first kappa shape index (κ1) is 13.0. The Morgan fingerprint density at radius 3 is 2.94 bits per heavy atom. The van der Waals surface area contributed by atoms with Gasteiger partial charge in [0, 0.05) is 31.7 Å². The molecule has 0 saturated heterocycles. The summed E-state index contributed by atoms with van der Waals surface area (Å²) >= 11 is 0. The number of halogens is 1. The van der Waals surface area contributed by atoms with Crippen LogP contribution in [0, 0.1) is 5.82 Å². The minimum atomic E-state index is -0.282. The zero-order valence-corrected chi connectivity index (χ0v) is 11.0. The fourth-order valence-electron chi connectivity index (χ4n) is 1.97. The summed E-state index contributed by atoms with van der Waals surface area (Å²) in [5, 5.41) is 3.39. The van der Waals surface area contributed by atoms with Gasteiger partial charge in [0.2, 0.25) is 0 Å². The Labute approximate surface area is 108 Å². The Hall–Kier alpha value is -1.42. The summed E-state index contributed by atoms with van der Waals surface area (Å²) in [6, 6.07) is 2.17. The minimum absolute atomic E-state index is 0.282. The Morgan fingerprint density at radius 2 is 2.33 bits per heavy atom. The van der Waals surface area contributed by atoms with Crippen LogP contribution in [0.3, 0.4) is 0 Å². The van der Waals surface area contributed by atoms with E-state index < -0.39 is 0 Å². The van der Waals surface area contributed by atoms with Crippen molar-refractivity contribution in [3.05, 3.63) is 35.8 Å². The number of hydrogen-bond acceptors (Lipinski definition) is 3. The molecule has 0 radical (unpaired) electrons. The van der Waals surface area contributed by atoms with Crippen molar-refractivity contribution in [2.45, 2.75) is 32.4 Å². The maximum Gasteiger partial charge on any atom is 0.141 e. The summed E-state index contributed by atoms with van der Waals surface area (Å²) in [5.41, 5.74) is 1.97. The van der Waals surface area contributed by atoms with Crippen molar-refractivity contribution in [2.24, 2.45) is 0 Å². The molecule has 0 aliphatic heterocycles. The monoisotopic (exact) mass is 249 g/mol. The lowest BCUT2D eigenvalue weighted by molar-refractivity contribution is 0.611. The number of nitrogens with one attached hydrogen (secondary N) is 1. The number of likely N-dealkylation sites (N-methyl/N-ethyl adjacent to an activating group) is 1. The van der Waals surface area contributed by atoms with Crippen molar-refractivity contribution in [2.75, 3.05) is 18.5 Å². The molecule has 4 heteroatoms. The average molecular weight is 249 g/mol. The molecule has 1 N–H and O–H groups in total. The molecule has 3 nitrogen and oxygen atoms in total. The van der Waals surface area contributed by atoms with Crippen LogP contribution in [0.2, 0.25) is 0 Å². The highest BCUT2D eigenvalue weighted by Crippen LogP contribution is 2.22. The van der Waals surface area contributed by atoms with Crippen molar-refractivity contribution >= 4 is 5.82 Å². The Morgan fingerprint density at radius 1 is 1.61 bits per heavy atom. The van der Waals surface area contributed by atoms with Gasteiger partial charge in [-0.25, -0.2) is 9.37 Å². The Bertz CT molecular complexity index is 441. The predicted octanol–water partition coefficient (Wildman–Crippen LogP) is 2.49. The fourth-order valence-corrected chi connectivity index (χ4v) is 1.97. The highest BCUT2D eigenvalue weighted by molar-refractivity contribution is 5.47. The SMILES string of the molecule is C=C(C)CN(C)c1ncc(F)cc1CNC1CC1. The molecule has 0 amide bonds. The van der Waals surface area contributed by atoms with Crippen LogP contribution in [0.4, 0.5) is 10.2 Å². The van der Waals surface area contributed by atoms with Gasteiger partial charge in [-0.1, -0.05) is 12.2 Å². The lowest BCUT2D eigenvalue weighted by atomic mass is 10.2. The molecular formula is C14H20FN3. The molecule has 0 bridgehead atoms. The second-order valence-electron chi connectivity index (χ2n) is 5.10. The van der Waals surface area contributed by atoms with Gasteiger partial charge in [0.25, 0.3) is 0 Å².